The third-order valence-corrected chi connectivity index (χ3v) is 7.64. The number of hydrogen-bond acceptors (Lipinski definition) is 15. The number of nitrogen functional groups attached to an aromatic ring is 1. The summed E-state index contributed by atoms with van der Waals surface area (Å²) in [6.45, 7) is 0. The Hall–Kier alpha value is -3.02. The molecule has 18 nitrogen and oxygen atoms in total. The fourth-order valence-electron chi connectivity index (χ4n) is 3.66. The molecule has 2 aromatic rings. The van der Waals surface area contributed by atoms with E-state index in [9.17, 15) is 39.6 Å². The Balaban J connectivity index is 0.000000512. The molecule has 0 bridgehead atoms. The third kappa shape index (κ3) is 9.51. The molecule has 1 aliphatic rings. The van der Waals surface area contributed by atoms with Gasteiger partial charge in [0.15, 0.2) is 23.3 Å². The molecule has 2 aromatic heterocycles. The number of fused-ring (bicyclic) bond motifs is 1. The predicted molar refractivity (Wildman–Crippen MR) is 131 cm³/mol. The number of aromatic nitrogens is 4. The van der Waals surface area contributed by atoms with E-state index >= 15 is 0 Å². The molecule has 0 aromatic carbocycles. The number of carboxylic acids is 4. The van der Waals surface area contributed by atoms with Gasteiger partial charge in [-0.2, -0.15) is 0 Å². The molecule has 6 atom stereocenters. The average molecular weight is 597 g/mol. The molecule has 1 aliphatic heterocycles. The summed E-state index contributed by atoms with van der Waals surface area (Å²) in [6.07, 6.45) is -1.28. The monoisotopic (exact) mass is 596 g/mol. The van der Waals surface area contributed by atoms with Gasteiger partial charge in [0.05, 0.1) is 12.6 Å². The largest absolute Gasteiger partial charge is 1.00 e. The Kier molecular flexibility index (Phi) is 13.4. The maximum Gasteiger partial charge on any atom is 1.00 e. The van der Waals surface area contributed by atoms with Gasteiger partial charge >= 0.3 is 30.8 Å². The van der Waals surface area contributed by atoms with Crippen molar-refractivity contribution in [1.29, 1.82) is 0 Å². The number of imidazole rings is 1. The van der Waals surface area contributed by atoms with Crippen LogP contribution >= 0.6 is 0 Å². The van der Waals surface area contributed by atoms with E-state index in [2.05, 4.69) is 15.0 Å². The Morgan fingerprint density at radius 1 is 1.12 bits per heavy atom. The number of hydrogen-bond donors (Lipinski definition) is 7. The molecule has 3 heterocycles. The molecule has 0 radical (unpaired) electrons. The zero-order chi connectivity index (χ0) is 30.4. The number of nitrogens with zero attached hydrogens (tertiary/aromatic N) is 4. The van der Waals surface area contributed by atoms with Crippen LogP contribution in [0.2, 0.25) is 0 Å². The van der Waals surface area contributed by atoms with E-state index in [4.69, 9.17) is 31.5 Å². The Morgan fingerprint density at radius 3 is 2.22 bits per heavy atom. The van der Waals surface area contributed by atoms with Crippen LogP contribution in [0.4, 0.5) is 5.82 Å². The number of nitrogens with two attached hydrogens (primary N) is 2. The summed E-state index contributed by atoms with van der Waals surface area (Å²) in [5.41, 5.74) is 9.23. The Bertz CT molecular complexity index is 1220. The van der Waals surface area contributed by atoms with Gasteiger partial charge in [-0.25, -0.2) is 19.7 Å². The van der Waals surface area contributed by atoms with Crippen molar-refractivity contribution in [3.05, 3.63) is 12.7 Å². The van der Waals surface area contributed by atoms with E-state index < -0.39 is 72.9 Å². The van der Waals surface area contributed by atoms with Gasteiger partial charge in [0.2, 0.25) is 0 Å². The van der Waals surface area contributed by atoms with Gasteiger partial charge in [0, 0.05) is 31.2 Å². The Labute approximate surface area is 246 Å². The van der Waals surface area contributed by atoms with E-state index in [1.165, 1.54) is 17.2 Å². The quantitative estimate of drug-likeness (QED) is 0.0883. The first-order valence-corrected chi connectivity index (χ1v) is 13.4. The molecular weight excluding hydrogens is 567 g/mol. The second-order valence-corrected chi connectivity index (χ2v) is 11.3. The summed E-state index contributed by atoms with van der Waals surface area (Å²) in [5, 5.41) is 66.9. The number of anilines is 1. The van der Waals surface area contributed by atoms with Crippen LogP contribution in [0.15, 0.2) is 12.7 Å². The van der Waals surface area contributed by atoms with Crippen molar-refractivity contribution in [3.63, 3.8) is 0 Å². The molecule has 0 aliphatic carbocycles. The molecule has 1 unspecified atom stereocenters. The first-order chi connectivity index (χ1) is 18.6. The number of aliphatic hydroxyl groups excluding tert-OH is 2. The molecule has 20 heteroatoms. The van der Waals surface area contributed by atoms with Gasteiger partial charge in [-0.3, -0.25) is 9.36 Å². The van der Waals surface area contributed by atoms with Crippen molar-refractivity contribution in [2.75, 3.05) is 23.5 Å². The van der Waals surface area contributed by atoms with Crippen molar-refractivity contribution in [2.24, 2.45) is 5.73 Å². The van der Waals surface area contributed by atoms with Gasteiger partial charge in [-0.05, 0) is 10.9 Å². The molecule has 3 rings (SSSR count). The van der Waals surface area contributed by atoms with E-state index in [1.807, 2.05) is 6.26 Å². The first-order valence-electron chi connectivity index (χ1n) is 11.4. The van der Waals surface area contributed by atoms with Gasteiger partial charge in [-0.1, -0.05) is 0 Å². The summed E-state index contributed by atoms with van der Waals surface area (Å²) in [4.78, 5) is 53.1. The molecule has 0 amide bonds. The molecule has 9 N–H and O–H groups in total. The summed E-state index contributed by atoms with van der Waals surface area (Å²) < 4.78 is 7.41. The average Bonchev–Trinajstić information content (AvgIpc) is 3.39. The summed E-state index contributed by atoms with van der Waals surface area (Å²) >= 11 is 0. The topological polar surface area (TPSA) is 320 Å². The third-order valence-electron chi connectivity index (χ3n) is 5.81. The first kappa shape index (κ1) is 36.0. The maximum atomic E-state index is 10.8. The number of carbonyl (C=O) groups excluding carboxylic acids is 2. The minimum absolute atomic E-state index is 0. The second kappa shape index (κ2) is 15.3. The van der Waals surface area contributed by atoms with Crippen LogP contribution in [-0.4, -0.2) is 117 Å². The van der Waals surface area contributed by atoms with Crippen LogP contribution in [0.25, 0.3) is 11.2 Å². The minimum Gasteiger partial charge on any atom is -0.550 e. The smallest absolute Gasteiger partial charge is 0.550 e. The van der Waals surface area contributed by atoms with Gasteiger partial charge in [0.1, 0.15) is 47.7 Å². The normalized spacial score (nSPS) is 21.7. The van der Waals surface area contributed by atoms with E-state index in [-0.39, 0.29) is 35.6 Å². The SMILES string of the molecule is C[S+](CC[C@H](N)C(=O)O)C[C@H]1O[C@@H](n2cnc3c(N)ncnc32)[C@H](O)[C@@H]1O.O=C([O-])CC(O)(CC(=O)[O-])C(=O)O.[Li+]. The summed E-state index contributed by atoms with van der Waals surface area (Å²) in [6, 6.07) is -0.907. The van der Waals surface area contributed by atoms with Crippen molar-refractivity contribution >= 4 is 51.8 Å². The summed E-state index contributed by atoms with van der Waals surface area (Å²) in [7, 11) is -0.235. The number of ether oxygens (including phenoxy) is 1. The van der Waals surface area contributed by atoms with Gasteiger partial charge in [0.25, 0.3) is 0 Å². The number of aliphatic hydroxyl groups is 3. The van der Waals surface area contributed by atoms with Gasteiger partial charge in [-0.15, -0.1) is 0 Å². The number of carbonyl (C=O) groups is 4. The van der Waals surface area contributed by atoms with E-state index in [0.717, 1.165) is 0 Å². The molecule has 222 valence electrons. The van der Waals surface area contributed by atoms with Gasteiger partial charge < -0.3 is 61.5 Å². The van der Waals surface area contributed by atoms with Crippen LogP contribution in [0, 0.1) is 0 Å². The zero-order valence-corrected chi connectivity index (χ0v) is 22.8. The molecule has 0 spiro atoms. The van der Waals surface area contributed by atoms with Crippen LogP contribution in [-0.2, 0) is 34.8 Å². The molecule has 1 fully saturated rings. The molecule has 41 heavy (non-hydrogen) atoms. The van der Waals surface area contributed by atoms with Crippen LogP contribution in [0.5, 0.6) is 0 Å². The Morgan fingerprint density at radius 2 is 1.71 bits per heavy atom. The molecule has 1 saturated heterocycles. The van der Waals surface area contributed by atoms with E-state index in [0.29, 0.717) is 29.1 Å². The van der Waals surface area contributed by atoms with Crippen LogP contribution in [0.1, 0.15) is 25.5 Å². The predicted octanol–water partition coefficient (Wildman–Crippen LogP) is -8.84. The van der Waals surface area contributed by atoms with Crippen molar-refractivity contribution in [1.82, 2.24) is 19.5 Å². The second-order valence-electron chi connectivity index (χ2n) is 8.95. The minimum atomic E-state index is -2.86. The molecule has 0 saturated carbocycles. The van der Waals surface area contributed by atoms with Crippen molar-refractivity contribution in [3.8, 4) is 0 Å². The fourth-order valence-corrected chi connectivity index (χ4v) is 5.32. The van der Waals surface area contributed by atoms with E-state index in [1.54, 1.807) is 0 Å². The van der Waals surface area contributed by atoms with Crippen LogP contribution < -0.4 is 40.5 Å². The maximum absolute atomic E-state index is 10.8. The standard InChI is InChI=1S/C15H22N6O5S.C6H8O7.Li/c1-27(3-2-7(16)15(24)25)4-8-10(22)11(23)14(26-8)21-6-20-9-12(17)18-5-19-13(9)21;7-3(8)1-6(13,5(11)12)2-4(9)10;/h5-8,10-11,14,22-23H,2-4,16H2,1H3,(H2-,17,18,19,24,25);13H,1-2H2,(H,7,8)(H,9,10)(H,11,12);/q;;+1/p-1/t7-,8+,10+,11+,14+,27?;;/m0../s1. The van der Waals surface area contributed by atoms with Crippen molar-refractivity contribution in [2.45, 2.75) is 55.4 Å². The fraction of sp³-hybridized carbons (Fsp3) is 0.571. The molecular formula is C21H29LiN6O12S. The number of carboxylic acid groups (broad SMARTS) is 4. The zero-order valence-electron chi connectivity index (χ0n) is 22.0. The van der Waals surface area contributed by atoms with Crippen LogP contribution in [0.3, 0.4) is 0 Å². The summed E-state index contributed by atoms with van der Waals surface area (Å²) in [5.74, 6) is -5.40. The number of rotatable bonds is 12. The van der Waals surface area contributed by atoms with Crippen molar-refractivity contribution < 1.29 is 78.5 Å². The number of aliphatic carboxylic acids is 4.